The molecule has 0 saturated heterocycles. The molecule has 1 atom stereocenters. The maximum atomic E-state index is 4.41. The third-order valence-corrected chi connectivity index (χ3v) is 5.41. The first kappa shape index (κ1) is 22.0. The number of guanidine groups is 1. The summed E-state index contributed by atoms with van der Waals surface area (Å²) in [6, 6.07) is 10.9. The van der Waals surface area contributed by atoms with E-state index in [1.807, 2.05) is 30.2 Å². The summed E-state index contributed by atoms with van der Waals surface area (Å²) in [5.74, 6) is 1.52. The maximum Gasteiger partial charge on any atom is 0.191 e. The Morgan fingerprint density at radius 1 is 1.11 bits per heavy atom. The molecule has 0 amide bonds. The second kappa shape index (κ2) is 11.5. The normalized spacial score (nSPS) is 13.2. The number of hydrogen-bond acceptors (Lipinski definition) is 3. The van der Waals surface area contributed by atoms with Gasteiger partial charge < -0.3 is 15.5 Å². The lowest BCUT2D eigenvalue weighted by Crippen LogP contribution is -2.47. The van der Waals surface area contributed by atoms with Crippen molar-refractivity contribution >= 4 is 5.96 Å². The van der Waals surface area contributed by atoms with Gasteiger partial charge in [0.05, 0.1) is 6.54 Å². The van der Waals surface area contributed by atoms with E-state index >= 15 is 0 Å². The van der Waals surface area contributed by atoms with Crippen molar-refractivity contribution in [3.8, 4) is 0 Å². The second-order valence-electron chi connectivity index (χ2n) is 7.39. The Kier molecular flexibility index (Phi) is 9.01. The van der Waals surface area contributed by atoms with Crippen molar-refractivity contribution in [2.75, 3.05) is 27.7 Å². The lowest BCUT2D eigenvalue weighted by atomic mass is 9.93. The van der Waals surface area contributed by atoms with Crippen molar-refractivity contribution in [3.05, 3.63) is 53.9 Å². The van der Waals surface area contributed by atoms with Crippen molar-refractivity contribution in [2.45, 2.75) is 45.8 Å². The van der Waals surface area contributed by atoms with E-state index in [4.69, 9.17) is 0 Å². The van der Waals surface area contributed by atoms with Gasteiger partial charge in [-0.3, -0.25) is 9.67 Å². The fraction of sp³-hybridized carbons (Fsp3) is 0.545. The van der Waals surface area contributed by atoms with E-state index in [-0.39, 0.29) is 0 Å². The minimum atomic E-state index is 0.487. The van der Waals surface area contributed by atoms with Crippen LogP contribution in [-0.4, -0.2) is 54.4 Å². The van der Waals surface area contributed by atoms with Crippen LogP contribution in [0.3, 0.4) is 0 Å². The van der Waals surface area contributed by atoms with E-state index in [9.17, 15) is 0 Å². The number of hydrogen-bond donors (Lipinski definition) is 2. The van der Waals surface area contributed by atoms with E-state index in [2.05, 4.69) is 77.8 Å². The van der Waals surface area contributed by atoms with E-state index in [0.717, 1.165) is 25.6 Å². The van der Waals surface area contributed by atoms with Crippen LogP contribution in [0, 0.1) is 5.92 Å². The predicted molar refractivity (Wildman–Crippen MR) is 118 cm³/mol. The number of nitrogens with zero attached hydrogens (tertiary/aromatic N) is 4. The Morgan fingerprint density at radius 3 is 2.39 bits per heavy atom. The van der Waals surface area contributed by atoms with Gasteiger partial charge >= 0.3 is 0 Å². The zero-order chi connectivity index (χ0) is 20.4. The molecule has 0 radical (unpaired) electrons. The highest BCUT2D eigenvalue weighted by molar-refractivity contribution is 5.79. The number of benzene rings is 1. The molecule has 0 fully saturated rings. The molecule has 0 aliphatic rings. The van der Waals surface area contributed by atoms with Crippen LogP contribution in [0.15, 0.2) is 47.7 Å². The number of likely N-dealkylation sites (N-methyl/N-ethyl adjacent to an activating group) is 1. The van der Waals surface area contributed by atoms with Gasteiger partial charge in [-0.15, -0.1) is 0 Å². The monoisotopic (exact) mass is 384 g/mol. The highest BCUT2D eigenvalue weighted by Crippen LogP contribution is 2.16. The molecule has 0 bridgehead atoms. The van der Waals surface area contributed by atoms with Gasteiger partial charge in [0, 0.05) is 38.6 Å². The number of aliphatic imine (C=N–C) groups is 1. The smallest absolute Gasteiger partial charge is 0.191 e. The molecule has 2 rings (SSSR count). The summed E-state index contributed by atoms with van der Waals surface area (Å²) < 4.78 is 1.95. The summed E-state index contributed by atoms with van der Waals surface area (Å²) >= 11 is 0. The van der Waals surface area contributed by atoms with Gasteiger partial charge in [-0.1, -0.05) is 51.0 Å². The average Bonchev–Trinajstić information content (AvgIpc) is 3.21. The molecule has 0 aliphatic heterocycles. The first-order valence-corrected chi connectivity index (χ1v) is 10.2. The Balaban J connectivity index is 1.95. The molecule has 154 valence electrons. The average molecular weight is 385 g/mol. The van der Waals surface area contributed by atoms with Crippen LogP contribution in [0.2, 0.25) is 0 Å². The number of aromatic nitrogens is 2. The molecule has 1 unspecified atom stereocenters. The zero-order valence-corrected chi connectivity index (χ0v) is 18.0. The Morgan fingerprint density at radius 2 is 1.82 bits per heavy atom. The van der Waals surface area contributed by atoms with Crippen LogP contribution in [0.4, 0.5) is 0 Å². The molecule has 6 nitrogen and oxygen atoms in total. The third kappa shape index (κ3) is 6.37. The molecule has 1 aromatic carbocycles. The van der Waals surface area contributed by atoms with Gasteiger partial charge in [0.25, 0.3) is 0 Å². The summed E-state index contributed by atoms with van der Waals surface area (Å²) in [4.78, 5) is 6.73. The molecule has 2 N–H and O–H groups in total. The number of nitrogens with one attached hydrogen (secondary N) is 2. The maximum absolute atomic E-state index is 4.41. The van der Waals surface area contributed by atoms with Crippen molar-refractivity contribution in [1.82, 2.24) is 25.3 Å². The van der Waals surface area contributed by atoms with Crippen LogP contribution in [0.25, 0.3) is 0 Å². The summed E-state index contributed by atoms with van der Waals surface area (Å²) in [5.41, 5.74) is 2.52. The van der Waals surface area contributed by atoms with Crippen LogP contribution < -0.4 is 10.6 Å². The first-order valence-electron chi connectivity index (χ1n) is 10.2. The summed E-state index contributed by atoms with van der Waals surface area (Å²) in [7, 11) is 6.14. The van der Waals surface area contributed by atoms with E-state index < -0.39 is 0 Å². The van der Waals surface area contributed by atoms with Gasteiger partial charge in [-0.25, -0.2) is 0 Å². The topological polar surface area (TPSA) is 57.5 Å². The van der Waals surface area contributed by atoms with Gasteiger partial charge in [-0.2, -0.15) is 5.10 Å². The van der Waals surface area contributed by atoms with Gasteiger partial charge in [0.1, 0.15) is 0 Å². The second-order valence-corrected chi connectivity index (χ2v) is 7.39. The van der Waals surface area contributed by atoms with Crippen LogP contribution in [0.1, 0.15) is 37.8 Å². The van der Waals surface area contributed by atoms with E-state index in [0.29, 0.717) is 12.0 Å². The predicted octanol–water partition coefficient (Wildman–Crippen LogP) is 2.96. The highest BCUT2D eigenvalue weighted by atomic mass is 15.3. The van der Waals surface area contributed by atoms with Gasteiger partial charge in [0.2, 0.25) is 0 Å². The van der Waals surface area contributed by atoms with Crippen LogP contribution in [0.5, 0.6) is 0 Å². The molecular weight excluding hydrogens is 348 g/mol. The van der Waals surface area contributed by atoms with Gasteiger partial charge in [0.15, 0.2) is 5.96 Å². The van der Waals surface area contributed by atoms with Crippen molar-refractivity contribution in [3.63, 3.8) is 0 Å². The van der Waals surface area contributed by atoms with Gasteiger partial charge in [-0.05, 0) is 37.2 Å². The third-order valence-electron chi connectivity index (χ3n) is 5.41. The molecule has 0 saturated carbocycles. The lowest BCUT2D eigenvalue weighted by molar-refractivity contribution is 0.200. The van der Waals surface area contributed by atoms with Crippen LogP contribution >= 0.6 is 0 Å². The summed E-state index contributed by atoms with van der Waals surface area (Å²) in [6.07, 6.45) is 6.18. The molecule has 0 aliphatic carbocycles. The summed E-state index contributed by atoms with van der Waals surface area (Å²) in [6.45, 7) is 6.93. The van der Waals surface area contributed by atoms with Crippen molar-refractivity contribution in [1.29, 1.82) is 0 Å². The van der Waals surface area contributed by atoms with Crippen LogP contribution in [-0.2, 0) is 13.1 Å². The number of rotatable bonds is 10. The minimum Gasteiger partial charge on any atom is -0.355 e. The van der Waals surface area contributed by atoms with Crippen molar-refractivity contribution in [2.24, 2.45) is 10.9 Å². The fourth-order valence-corrected chi connectivity index (χ4v) is 3.66. The lowest BCUT2D eigenvalue weighted by Gasteiger charge is -2.32. The molecule has 0 spiro atoms. The Hall–Kier alpha value is -2.34. The zero-order valence-electron chi connectivity index (χ0n) is 18.0. The Bertz CT molecular complexity index is 704. The highest BCUT2D eigenvalue weighted by Gasteiger charge is 2.20. The largest absolute Gasteiger partial charge is 0.355 e. The van der Waals surface area contributed by atoms with Crippen molar-refractivity contribution < 1.29 is 0 Å². The van der Waals surface area contributed by atoms with E-state index in [1.54, 1.807) is 0 Å². The molecule has 6 heteroatoms. The van der Waals surface area contributed by atoms with E-state index in [1.165, 1.54) is 24.0 Å². The standard InChI is InChI=1S/C22H36N6/c1-6-18(7-2)21(27(4)5)16-25-22(23-3)24-15-19-11-8-9-12-20(19)17-28-14-10-13-26-28/h8-14,18,21H,6-7,15-17H2,1-5H3,(H2,23,24,25). The molecule has 28 heavy (non-hydrogen) atoms. The summed E-state index contributed by atoms with van der Waals surface area (Å²) in [5, 5.41) is 11.3. The SMILES string of the molecule is CCC(CC)C(CNC(=NC)NCc1ccccc1Cn1cccn1)N(C)C. The Labute approximate surface area is 170 Å². The fourth-order valence-electron chi connectivity index (χ4n) is 3.66. The molecule has 1 aromatic heterocycles. The quantitative estimate of drug-likeness (QED) is 0.488. The first-order chi connectivity index (χ1) is 13.6. The minimum absolute atomic E-state index is 0.487. The molecule has 1 heterocycles. The molecule has 2 aromatic rings. The molecular formula is C22H36N6.